The number of aromatic nitrogens is 1. The van der Waals surface area contributed by atoms with E-state index >= 15 is 0 Å². The summed E-state index contributed by atoms with van der Waals surface area (Å²) in [6.07, 6.45) is 0.962. The number of carbonyl (C=O) groups is 2. The topological polar surface area (TPSA) is 173 Å². The molecular weight excluding hydrogens is 640 g/mol. The lowest BCUT2D eigenvalue weighted by atomic mass is 9.86. The first-order valence-corrected chi connectivity index (χ1v) is 17.2. The van der Waals surface area contributed by atoms with E-state index < -0.39 is 30.3 Å². The monoisotopic (exact) mass is 684 g/mol. The number of rotatable bonds is 15. The number of aliphatic hydroxyl groups excluding tert-OH is 1. The molecule has 3 saturated heterocycles. The number of nitrogens with zero attached hydrogens (tertiary/aromatic N) is 1. The zero-order valence-electron chi connectivity index (χ0n) is 27.8. The standard InChI is InChI=1S/C38H44N4O8/c43-30-14-12-28(29-13-15-34(45)40-36(29)30)31(44)22-39-18-5-4-11-32(37(46)47)49-27-10-6-9-26(21-27)35(25-7-2-1-3-8-25)41-38(48)50-33-23-42-19-16-24(33)17-20-42/h1-3,6-10,12-15,21,24,31-33,35,39,43-44H,4-5,11,16-20,22-23H2,(H,40,45)(H,41,48)(H,46,47)/t31-,32?,33+,35?/m1/s1. The van der Waals surface area contributed by atoms with Gasteiger partial charge in [-0.2, -0.15) is 0 Å². The van der Waals surface area contributed by atoms with Crippen molar-refractivity contribution in [2.24, 2.45) is 5.92 Å². The number of pyridine rings is 1. The Balaban J connectivity index is 1.02. The van der Waals surface area contributed by atoms with E-state index in [2.05, 4.69) is 20.5 Å². The van der Waals surface area contributed by atoms with Crippen LogP contribution in [-0.2, 0) is 9.53 Å². The van der Waals surface area contributed by atoms with E-state index in [9.17, 15) is 29.7 Å². The second-order valence-electron chi connectivity index (χ2n) is 13.1. The number of aliphatic carboxylic acids is 1. The number of fused-ring (bicyclic) bond motifs is 4. The number of ether oxygens (including phenoxy) is 2. The number of benzene rings is 3. The molecule has 1 aromatic heterocycles. The van der Waals surface area contributed by atoms with Crippen LogP contribution in [0.15, 0.2) is 83.7 Å². The molecule has 12 nitrogen and oxygen atoms in total. The summed E-state index contributed by atoms with van der Waals surface area (Å²) in [7, 11) is 0. The Morgan fingerprint density at radius 3 is 2.48 bits per heavy atom. The van der Waals surface area contributed by atoms with Crippen molar-refractivity contribution in [2.75, 3.05) is 32.7 Å². The quantitative estimate of drug-likeness (QED) is 0.0982. The van der Waals surface area contributed by atoms with Crippen LogP contribution in [0.1, 0.15) is 60.9 Å². The molecule has 50 heavy (non-hydrogen) atoms. The van der Waals surface area contributed by atoms with Crippen LogP contribution in [0.4, 0.5) is 4.79 Å². The molecule has 0 aliphatic carbocycles. The van der Waals surface area contributed by atoms with Gasteiger partial charge in [0.1, 0.15) is 17.6 Å². The lowest BCUT2D eigenvalue weighted by Gasteiger charge is -2.43. The van der Waals surface area contributed by atoms with Crippen molar-refractivity contribution < 1.29 is 34.4 Å². The minimum Gasteiger partial charge on any atom is -0.506 e. The van der Waals surface area contributed by atoms with Crippen LogP contribution < -0.4 is 20.9 Å². The fourth-order valence-corrected chi connectivity index (χ4v) is 6.98. The molecule has 4 aromatic rings. The highest BCUT2D eigenvalue weighted by atomic mass is 16.6. The maximum atomic E-state index is 13.2. The number of amides is 1. The van der Waals surface area contributed by atoms with E-state index in [-0.39, 0.29) is 35.9 Å². The molecule has 264 valence electrons. The molecule has 4 heterocycles. The van der Waals surface area contributed by atoms with E-state index in [4.69, 9.17) is 9.47 Å². The molecule has 3 aliphatic rings. The average molecular weight is 685 g/mol. The number of hydrogen-bond acceptors (Lipinski definition) is 9. The van der Waals surface area contributed by atoms with Gasteiger partial charge in [-0.25, -0.2) is 9.59 Å². The van der Waals surface area contributed by atoms with Crippen LogP contribution >= 0.6 is 0 Å². The number of carbonyl (C=O) groups excluding carboxylic acids is 1. The third kappa shape index (κ3) is 8.62. The number of piperidine rings is 3. The highest BCUT2D eigenvalue weighted by Crippen LogP contribution is 2.31. The molecule has 6 N–H and O–H groups in total. The van der Waals surface area contributed by atoms with Gasteiger partial charge >= 0.3 is 12.1 Å². The van der Waals surface area contributed by atoms with Gasteiger partial charge in [0.15, 0.2) is 6.10 Å². The Morgan fingerprint density at radius 1 is 0.960 bits per heavy atom. The number of unbranched alkanes of at least 4 members (excludes halogenated alkanes) is 1. The lowest BCUT2D eigenvalue weighted by molar-refractivity contribution is -0.145. The number of aromatic hydroxyl groups is 1. The van der Waals surface area contributed by atoms with Crippen molar-refractivity contribution in [1.29, 1.82) is 0 Å². The third-order valence-electron chi connectivity index (χ3n) is 9.67. The van der Waals surface area contributed by atoms with E-state index in [0.717, 1.165) is 43.6 Å². The van der Waals surface area contributed by atoms with E-state index in [0.29, 0.717) is 42.0 Å². The van der Waals surface area contributed by atoms with Crippen LogP contribution in [0.25, 0.3) is 10.9 Å². The number of aliphatic hydroxyl groups is 1. The summed E-state index contributed by atoms with van der Waals surface area (Å²) in [5.41, 5.74) is 2.09. The Kier molecular flexibility index (Phi) is 11.3. The Bertz CT molecular complexity index is 1820. The number of aromatic amines is 1. The Labute approximate surface area is 290 Å². The molecule has 0 radical (unpaired) electrons. The molecule has 4 atom stereocenters. The van der Waals surface area contributed by atoms with E-state index in [1.54, 1.807) is 30.3 Å². The number of phenolic OH excluding ortho intramolecular Hbond substituents is 1. The maximum absolute atomic E-state index is 13.2. The highest BCUT2D eigenvalue weighted by Gasteiger charge is 2.37. The number of carboxylic acid groups (broad SMARTS) is 1. The molecule has 3 fully saturated rings. The predicted molar refractivity (Wildman–Crippen MR) is 187 cm³/mol. The lowest BCUT2D eigenvalue weighted by Crippen LogP contribution is -2.52. The van der Waals surface area contributed by atoms with Gasteiger partial charge in [0.2, 0.25) is 5.56 Å². The van der Waals surface area contributed by atoms with Crippen LogP contribution in [0, 0.1) is 5.92 Å². The second-order valence-corrected chi connectivity index (χ2v) is 13.1. The molecular formula is C38H44N4O8. The fraction of sp³-hybridized carbons (Fsp3) is 0.395. The molecule has 2 unspecified atom stereocenters. The van der Waals surface area contributed by atoms with Gasteiger partial charge in [0.25, 0.3) is 0 Å². The molecule has 2 bridgehead atoms. The predicted octanol–water partition coefficient (Wildman–Crippen LogP) is 4.47. The molecule has 0 spiro atoms. The summed E-state index contributed by atoms with van der Waals surface area (Å²) in [6.45, 7) is 3.62. The molecule has 12 heteroatoms. The molecule has 3 aromatic carbocycles. The SMILES string of the molecule is O=C(NC(c1ccccc1)c1cccc(OC(CCCCNC[C@@H](O)c2ccc(O)c3[nH]c(=O)ccc23)C(=O)O)c1)O[C@H]1CN2CCC1CC2. The van der Waals surface area contributed by atoms with Crippen molar-refractivity contribution >= 4 is 23.0 Å². The van der Waals surface area contributed by atoms with Crippen molar-refractivity contribution in [3.63, 3.8) is 0 Å². The van der Waals surface area contributed by atoms with Gasteiger partial charge < -0.3 is 40.4 Å². The summed E-state index contributed by atoms with van der Waals surface area (Å²) < 4.78 is 11.9. The Morgan fingerprint density at radius 2 is 1.74 bits per heavy atom. The number of hydrogen-bond donors (Lipinski definition) is 6. The molecule has 7 rings (SSSR count). The minimum atomic E-state index is -1.08. The fourth-order valence-electron chi connectivity index (χ4n) is 6.98. The normalized spacial score (nSPS) is 20.1. The first-order chi connectivity index (χ1) is 24.2. The second kappa shape index (κ2) is 16.2. The number of alkyl carbamates (subject to hydrolysis) is 1. The summed E-state index contributed by atoms with van der Waals surface area (Å²) in [4.78, 5) is 41.9. The van der Waals surface area contributed by atoms with Crippen molar-refractivity contribution in [2.45, 2.75) is 56.5 Å². The maximum Gasteiger partial charge on any atom is 0.408 e. The van der Waals surface area contributed by atoms with Gasteiger partial charge in [-0.15, -0.1) is 0 Å². The van der Waals surface area contributed by atoms with Crippen molar-refractivity contribution in [1.82, 2.24) is 20.5 Å². The Hall–Kier alpha value is -4.91. The van der Waals surface area contributed by atoms with Crippen molar-refractivity contribution in [3.05, 3.63) is 106 Å². The summed E-state index contributed by atoms with van der Waals surface area (Å²) >= 11 is 0. The number of nitrogens with one attached hydrogen (secondary N) is 3. The summed E-state index contributed by atoms with van der Waals surface area (Å²) in [6, 6.07) is 22.1. The summed E-state index contributed by atoms with van der Waals surface area (Å²) in [5.74, 6) is -0.383. The third-order valence-corrected chi connectivity index (χ3v) is 9.67. The smallest absolute Gasteiger partial charge is 0.408 e. The molecule has 1 amide bonds. The number of phenols is 1. The zero-order chi connectivity index (χ0) is 35.0. The van der Waals surface area contributed by atoms with Gasteiger partial charge in [-0.3, -0.25) is 9.69 Å². The van der Waals surface area contributed by atoms with Gasteiger partial charge in [0, 0.05) is 24.5 Å². The first kappa shape index (κ1) is 34.9. The van der Waals surface area contributed by atoms with Gasteiger partial charge in [0.05, 0.1) is 17.7 Å². The molecule has 0 saturated carbocycles. The molecule has 3 aliphatic heterocycles. The van der Waals surface area contributed by atoms with Gasteiger partial charge in [-0.05, 0) is 98.6 Å². The minimum absolute atomic E-state index is 0.0733. The largest absolute Gasteiger partial charge is 0.506 e. The van der Waals surface area contributed by atoms with E-state index in [1.807, 2.05) is 36.4 Å². The number of carboxylic acids is 1. The number of H-pyrrole nitrogens is 1. The average Bonchev–Trinajstić information content (AvgIpc) is 3.12. The van der Waals surface area contributed by atoms with Crippen LogP contribution in [0.5, 0.6) is 11.5 Å². The van der Waals surface area contributed by atoms with E-state index in [1.165, 1.54) is 12.1 Å². The summed E-state index contributed by atoms with van der Waals surface area (Å²) in [5, 5.41) is 37.6. The van der Waals surface area contributed by atoms with Crippen LogP contribution in [0.3, 0.4) is 0 Å². The highest BCUT2D eigenvalue weighted by molar-refractivity contribution is 5.87. The zero-order valence-corrected chi connectivity index (χ0v) is 27.8. The van der Waals surface area contributed by atoms with Crippen LogP contribution in [-0.4, -0.2) is 82.2 Å². The first-order valence-electron chi connectivity index (χ1n) is 17.2. The van der Waals surface area contributed by atoms with Crippen molar-refractivity contribution in [3.8, 4) is 11.5 Å². The van der Waals surface area contributed by atoms with Gasteiger partial charge in [-0.1, -0.05) is 48.5 Å². The van der Waals surface area contributed by atoms with Crippen LogP contribution in [0.2, 0.25) is 0 Å².